The molecule has 0 fully saturated rings. The van der Waals surface area contributed by atoms with E-state index in [2.05, 4.69) is 44.5 Å². The minimum Gasteiger partial charge on any atom is -0.490 e. The molecule has 0 radical (unpaired) electrons. The third kappa shape index (κ3) is 7.25. The SMILES string of the molecule is C=CCOc1ccc([C@H]2C(C(=O)OCC)=C(C)N=c3s/c(=C\c4ccc(OCc5c(C)cc(C)cc5C)c(OCC)c4)c(=O)n32)cc1. The number of rotatable bonds is 12. The van der Waals surface area contributed by atoms with Crippen LogP contribution in [0.1, 0.15) is 60.2 Å². The third-order valence-corrected chi connectivity index (χ3v) is 8.84. The fraction of sp³-hybridized carbons (Fsp3) is 0.289. The zero-order chi connectivity index (χ0) is 33.7. The molecule has 47 heavy (non-hydrogen) atoms. The quantitative estimate of drug-likeness (QED) is 0.133. The molecule has 0 bridgehead atoms. The van der Waals surface area contributed by atoms with Crippen molar-refractivity contribution in [3.05, 3.63) is 132 Å². The molecule has 1 aliphatic rings. The highest BCUT2D eigenvalue weighted by atomic mass is 32.1. The number of aromatic nitrogens is 1. The number of esters is 1. The molecule has 2 heterocycles. The van der Waals surface area contributed by atoms with E-state index in [0.29, 0.717) is 57.7 Å². The van der Waals surface area contributed by atoms with Gasteiger partial charge < -0.3 is 18.9 Å². The van der Waals surface area contributed by atoms with Gasteiger partial charge in [0.25, 0.3) is 5.56 Å². The molecule has 1 atom stereocenters. The maximum Gasteiger partial charge on any atom is 0.338 e. The zero-order valence-corrected chi connectivity index (χ0v) is 28.5. The molecule has 0 N–H and O–H groups in total. The molecule has 3 aromatic carbocycles. The number of hydrogen-bond donors (Lipinski definition) is 0. The summed E-state index contributed by atoms with van der Waals surface area (Å²) < 4.78 is 25.3. The van der Waals surface area contributed by atoms with Crippen molar-refractivity contribution >= 4 is 23.4 Å². The molecular formula is C38H40N2O6S. The topological polar surface area (TPSA) is 88.4 Å². The van der Waals surface area contributed by atoms with Crippen LogP contribution < -0.4 is 29.1 Å². The van der Waals surface area contributed by atoms with Crippen LogP contribution >= 0.6 is 11.3 Å². The Bertz CT molecular complexity index is 2000. The number of thiazole rings is 1. The van der Waals surface area contributed by atoms with Gasteiger partial charge in [0.1, 0.15) is 19.0 Å². The summed E-state index contributed by atoms with van der Waals surface area (Å²) >= 11 is 1.27. The summed E-state index contributed by atoms with van der Waals surface area (Å²) in [4.78, 5) is 32.5. The first kappa shape index (κ1) is 33.5. The highest BCUT2D eigenvalue weighted by molar-refractivity contribution is 7.07. The molecule has 1 aromatic heterocycles. The summed E-state index contributed by atoms with van der Waals surface area (Å²) in [5.41, 5.74) is 6.82. The molecule has 4 aromatic rings. The van der Waals surface area contributed by atoms with E-state index in [1.54, 1.807) is 24.5 Å². The minimum absolute atomic E-state index is 0.202. The van der Waals surface area contributed by atoms with E-state index in [1.807, 2.05) is 55.5 Å². The lowest BCUT2D eigenvalue weighted by Gasteiger charge is -2.24. The Balaban J connectivity index is 1.53. The van der Waals surface area contributed by atoms with Gasteiger partial charge in [0.2, 0.25) is 0 Å². The monoisotopic (exact) mass is 652 g/mol. The first-order valence-corrected chi connectivity index (χ1v) is 16.5. The van der Waals surface area contributed by atoms with Gasteiger partial charge >= 0.3 is 5.97 Å². The van der Waals surface area contributed by atoms with E-state index in [4.69, 9.17) is 18.9 Å². The van der Waals surface area contributed by atoms with Crippen molar-refractivity contribution in [2.75, 3.05) is 19.8 Å². The summed E-state index contributed by atoms with van der Waals surface area (Å²) in [5, 5.41) is 0. The molecule has 0 unspecified atom stereocenters. The Hall–Kier alpha value is -4.89. The summed E-state index contributed by atoms with van der Waals surface area (Å²) in [6.07, 6.45) is 3.48. The van der Waals surface area contributed by atoms with Crippen molar-refractivity contribution in [3.63, 3.8) is 0 Å². The highest BCUT2D eigenvalue weighted by Gasteiger charge is 2.33. The van der Waals surface area contributed by atoms with Gasteiger partial charge in [0, 0.05) is 0 Å². The number of carbonyl (C=O) groups is 1. The molecule has 0 spiro atoms. The Kier molecular flexibility index (Phi) is 10.5. The molecule has 8 nitrogen and oxygen atoms in total. The van der Waals surface area contributed by atoms with Crippen molar-refractivity contribution in [1.29, 1.82) is 0 Å². The van der Waals surface area contributed by atoms with E-state index in [1.165, 1.54) is 28.0 Å². The Morgan fingerprint density at radius 2 is 1.66 bits per heavy atom. The van der Waals surface area contributed by atoms with Crippen LogP contribution in [0, 0.1) is 20.8 Å². The Morgan fingerprint density at radius 3 is 2.32 bits per heavy atom. The zero-order valence-electron chi connectivity index (χ0n) is 27.7. The first-order valence-electron chi connectivity index (χ1n) is 15.6. The number of aryl methyl sites for hydroxylation is 3. The van der Waals surface area contributed by atoms with Crippen molar-refractivity contribution in [2.24, 2.45) is 4.99 Å². The molecule has 1 aliphatic heterocycles. The third-order valence-electron chi connectivity index (χ3n) is 7.86. The highest BCUT2D eigenvalue weighted by Crippen LogP contribution is 2.33. The van der Waals surface area contributed by atoms with Gasteiger partial charge in [0.15, 0.2) is 16.3 Å². The van der Waals surface area contributed by atoms with Crippen LogP contribution in [0.4, 0.5) is 0 Å². The average Bonchev–Trinajstić information content (AvgIpc) is 3.33. The summed E-state index contributed by atoms with van der Waals surface area (Å²) in [5.74, 6) is 1.36. The fourth-order valence-electron chi connectivity index (χ4n) is 5.75. The number of hydrogen-bond acceptors (Lipinski definition) is 8. The smallest absolute Gasteiger partial charge is 0.338 e. The van der Waals surface area contributed by atoms with Crippen LogP contribution in [-0.4, -0.2) is 30.4 Å². The number of nitrogens with zero attached hydrogens (tertiary/aromatic N) is 2. The maximum absolute atomic E-state index is 14.1. The average molecular weight is 653 g/mol. The molecule has 0 amide bonds. The second kappa shape index (κ2) is 14.7. The van der Waals surface area contributed by atoms with E-state index >= 15 is 0 Å². The van der Waals surface area contributed by atoms with Gasteiger partial charge in [0.05, 0.1) is 35.1 Å². The first-order chi connectivity index (χ1) is 22.6. The number of allylic oxidation sites excluding steroid dienone is 1. The van der Waals surface area contributed by atoms with Crippen molar-refractivity contribution in [3.8, 4) is 17.2 Å². The molecule has 0 aliphatic carbocycles. The van der Waals surface area contributed by atoms with Gasteiger partial charge in [-0.25, -0.2) is 9.79 Å². The maximum atomic E-state index is 14.1. The van der Waals surface area contributed by atoms with E-state index in [-0.39, 0.29) is 12.2 Å². The second-order valence-electron chi connectivity index (χ2n) is 11.3. The van der Waals surface area contributed by atoms with Crippen LogP contribution in [0.3, 0.4) is 0 Å². The van der Waals surface area contributed by atoms with Crippen molar-refractivity contribution in [1.82, 2.24) is 4.57 Å². The number of carbonyl (C=O) groups excluding carboxylic acids is 1. The summed E-state index contributed by atoms with van der Waals surface area (Å²) in [6, 6.07) is 16.6. The van der Waals surface area contributed by atoms with Crippen molar-refractivity contribution in [2.45, 2.75) is 54.2 Å². The predicted octanol–water partition coefficient (Wildman–Crippen LogP) is 6.27. The van der Waals surface area contributed by atoms with Crippen LogP contribution in [0.5, 0.6) is 17.2 Å². The number of benzene rings is 3. The molecule has 9 heteroatoms. The van der Waals surface area contributed by atoms with E-state index in [9.17, 15) is 9.59 Å². The number of fused-ring (bicyclic) bond motifs is 1. The van der Waals surface area contributed by atoms with Crippen LogP contribution in [0.25, 0.3) is 6.08 Å². The predicted molar refractivity (Wildman–Crippen MR) is 185 cm³/mol. The lowest BCUT2D eigenvalue weighted by atomic mass is 9.96. The molecule has 5 rings (SSSR count). The van der Waals surface area contributed by atoms with Crippen LogP contribution in [0.15, 0.2) is 88.3 Å². The van der Waals surface area contributed by atoms with Gasteiger partial charge in [-0.05, 0) is 99.7 Å². The molecule has 244 valence electrons. The lowest BCUT2D eigenvalue weighted by Crippen LogP contribution is -2.39. The Morgan fingerprint density at radius 1 is 0.936 bits per heavy atom. The second-order valence-corrected chi connectivity index (χ2v) is 12.3. The number of ether oxygens (including phenoxy) is 4. The van der Waals surface area contributed by atoms with Crippen LogP contribution in [0.2, 0.25) is 0 Å². The van der Waals surface area contributed by atoms with Gasteiger partial charge in [-0.3, -0.25) is 9.36 Å². The van der Waals surface area contributed by atoms with E-state index in [0.717, 1.165) is 16.7 Å². The minimum atomic E-state index is -0.718. The largest absolute Gasteiger partial charge is 0.490 e. The standard InChI is InChI=1S/C38H40N2O6S/c1-8-17-45-29-14-12-28(13-15-29)35-34(37(42)44-10-3)26(7)39-38-40(35)36(41)33(47-38)21-27-11-16-31(32(20-27)43-9-2)46-22-30-24(5)18-23(4)19-25(30)6/h8,11-16,18-21,35H,1,9-10,17,22H2,2-7H3/b33-21-/t35-/m0/s1. The lowest BCUT2D eigenvalue weighted by molar-refractivity contribution is -0.139. The van der Waals surface area contributed by atoms with Gasteiger partial charge in [-0.2, -0.15) is 0 Å². The Labute approximate surface area is 278 Å². The van der Waals surface area contributed by atoms with Gasteiger partial charge in [-0.1, -0.05) is 59.9 Å². The van der Waals surface area contributed by atoms with E-state index < -0.39 is 12.0 Å². The molecule has 0 saturated carbocycles. The van der Waals surface area contributed by atoms with Crippen molar-refractivity contribution < 1.29 is 23.7 Å². The van der Waals surface area contributed by atoms with Gasteiger partial charge in [-0.15, -0.1) is 0 Å². The molecule has 0 saturated heterocycles. The van der Waals surface area contributed by atoms with Crippen LogP contribution in [-0.2, 0) is 16.1 Å². The fourth-order valence-corrected chi connectivity index (χ4v) is 6.80. The normalized spacial score (nSPS) is 14.3. The summed E-state index contributed by atoms with van der Waals surface area (Å²) in [7, 11) is 0. The summed E-state index contributed by atoms with van der Waals surface area (Å²) in [6.45, 7) is 16.8. The molecular weight excluding hydrogens is 612 g/mol.